The van der Waals surface area contributed by atoms with Crippen LogP contribution in [0.25, 0.3) is 0 Å². The lowest BCUT2D eigenvalue weighted by Gasteiger charge is -2.06. The highest BCUT2D eigenvalue weighted by Crippen LogP contribution is 2.29. The van der Waals surface area contributed by atoms with Gasteiger partial charge in [-0.2, -0.15) is 0 Å². The van der Waals surface area contributed by atoms with Crippen LogP contribution in [0.2, 0.25) is 5.02 Å². The molecule has 19 heavy (non-hydrogen) atoms. The van der Waals surface area contributed by atoms with Gasteiger partial charge in [-0.3, -0.25) is 0 Å². The molecule has 2 aromatic rings. The van der Waals surface area contributed by atoms with Crippen LogP contribution in [-0.4, -0.2) is 13.2 Å². The molecule has 5 heteroatoms. The standard InChI is InChI=1S/C14H14ClNO2S/c15-11-2-1-3-12(7-11)16-8-10-6-13(19-9-10)14-17-4-5-18-14/h1-3,6-7,9,14,16H,4-5,8H2. The maximum absolute atomic E-state index is 5.95. The van der Waals surface area contributed by atoms with Gasteiger partial charge in [-0.1, -0.05) is 17.7 Å². The Bertz CT molecular complexity index is 552. The highest BCUT2D eigenvalue weighted by atomic mass is 35.5. The molecule has 0 amide bonds. The van der Waals surface area contributed by atoms with Gasteiger partial charge in [-0.15, -0.1) is 11.3 Å². The van der Waals surface area contributed by atoms with E-state index < -0.39 is 0 Å². The Labute approximate surface area is 121 Å². The minimum atomic E-state index is -0.176. The number of thiophene rings is 1. The zero-order valence-electron chi connectivity index (χ0n) is 10.3. The number of anilines is 1. The summed E-state index contributed by atoms with van der Waals surface area (Å²) in [4.78, 5) is 1.13. The van der Waals surface area contributed by atoms with E-state index in [-0.39, 0.29) is 6.29 Å². The molecule has 1 saturated heterocycles. The van der Waals surface area contributed by atoms with Gasteiger partial charge in [0, 0.05) is 17.3 Å². The summed E-state index contributed by atoms with van der Waals surface area (Å²) in [5.74, 6) is 0. The number of ether oxygens (including phenoxy) is 2. The Balaban J connectivity index is 1.61. The molecule has 1 aliphatic heterocycles. The average molecular weight is 296 g/mol. The maximum Gasteiger partial charge on any atom is 0.193 e. The van der Waals surface area contributed by atoms with Gasteiger partial charge in [0.25, 0.3) is 0 Å². The van der Waals surface area contributed by atoms with Gasteiger partial charge >= 0.3 is 0 Å². The summed E-state index contributed by atoms with van der Waals surface area (Å²) in [5.41, 5.74) is 2.24. The Morgan fingerprint density at radius 1 is 1.26 bits per heavy atom. The molecule has 0 atom stereocenters. The lowest BCUT2D eigenvalue weighted by molar-refractivity contribution is -0.0413. The average Bonchev–Trinajstić information content (AvgIpc) is 3.07. The first-order valence-corrected chi connectivity index (χ1v) is 7.37. The van der Waals surface area contributed by atoms with Crippen LogP contribution in [0.1, 0.15) is 16.7 Å². The molecular weight excluding hydrogens is 282 g/mol. The van der Waals surface area contributed by atoms with Crippen molar-refractivity contribution in [1.82, 2.24) is 0 Å². The minimum Gasteiger partial charge on any atom is -0.381 e. The van der Waals surface area contributed by atoms with Gasteiger partial charge < -0.3 is 14.8 Å². The molecule has 0 unspecified atom stereocenters. The monoisotopic (exact) mass is 295 g/mol. The van der Waals surface area contributed by atoms with Gasteiger partial charge in [0.05, 0.1) is 18.1 Å². The fourth-order valence-corrected chi connectivity index (χ4v) is 3.03. The smallest absolute Gasteiger partial charge is 0.193 e. The van der Waals surface area contributed by atoms with Crippen LogP contribution in [0.15, 0.2) is 35.7 Å². The van der Waals surface area contributed by atoms with E-state index in [2.05, 4.69) is 16.8 Å². The Kier molecular flexibility index (Phi) is 4.03. The van der Waals surface area contributed by atoms with Crippen LogP contribution in [0.4, 0.5) is 5.69 Å². The third-order valence-electron chi connectivity index (χ3n) is 2.85. The van der Waals surface area contributed by atoms with Gasteiger partial charge in [-0.25, -0.2) is 0 Å². The summed E-state index contributed by atoms with van der Waals surface area (Å²) in [6.45, 7) is 2.13. The Morgan fingerprint density at radius 3 is 2.89 bits per heavy atom. The molecule has 0 radical (unpaired) electrons. The zero-order valence-corrected chi connectivity index (χ0v) is 11.8. The highest BCUT2D eigenvalue weighted by Gasteiger charge is 2.19. The topological polar surface area (TPSA) is 30.5 Å². The molecule has 0 aliphatic carbocycles. The second kappa shape index (κ2) is 5.92. The first-order valence-electron chi connectivity index (χ1n) is 6.11. The fourth-order valence-electron chi connectivity index (χ4n) is 1.94. The second-order valence-electron chi connectivity index (χ2n) is 4.29. The summed E-state index contributed by atoms with van der Waals surface area (Å²) in [6, 6.07) is 9.84. The molecule has 1 fully saturated rings. The van der Waals surface area contributed by atoms with Crippen molar-refractivity contribution in [3.05, 3.63) is 51.2 Å². The normalized spacial score (nSPS) is 15.8. The predicted molar refractivity (Wildman–Crippen MR) is 77.7 cm³/mol. The molecule has 2 heterocycles. The summed E-state index contributed by atoms with van der Waals surface area (Å²) < 4.78 is 11.0. The summed E-state index contributed by atoms with van der Waals surface area (Å²) >= 11 is 7.61. The van der Waals surface area contributed by atoms with Crippen LogP contribution >= 0.6 is 22.9 Å². The van der Waals surface area contributed by atoms with Crippen molar-refractivity contribution in [2.45, 2.75) is 12.8 Å². The van der Waals surface area contributed by atoms with Gasteiger partial charge in [0.2, 0.25) is 0 Å². The second-order valence-corrected chi connectivity index (χ2v) is 5.67. The van der Waals surface area contributed by atoms with Crippen molar-refractivity contribution in [2.75, 3.05) is 18.5 Å². The quantitative estimate of drug-likeness (QED) is 0.923. The van der Waals surface area contributed by atoms with E-state index in [9.17, 15) is 0 Å². The van der Waals surface area contributed by atoms with Crippen LogP contribution in [0.3, 0.4) is 0 Å². The van der Waals surface area contributed by atoms with E-state index in [1.807, 2.05) is 24.3 Å². The molecule has 1 aromatic carbocycles. The van der Waals surface area contributed by atoms with E-state index in [0.717, 1.165) is 22.1 Å². The van der Waals surface area contributed by atoms with Gasteiger partial charge in [-0.05, 0) is 35.2 Å². The van der Waals surface area contributed by atoms with Gasteiger partial charge in [0.15, 0.2) is 6.29 Å². The van der Waals surface area contributed by atoms with E-state index in [1.54, 1.807) is 11.3 Å². The van der Waals surface area contributed by atoms with Gasteiger partial charge in [0.1, 0.15) is 0 Å². The van der Waals surface area contributed by atoms with E-state index >= 15 is 0 Å². The Hall–Kier alpha value is -1.07. The van der Waals surface area contributed by atoms with Crippen LogP contribution in [0, 0.1) is 0 Å². The summed E-state index contributed by atoms with van der Waals surface area (Å²) in [6.07, 6.45) is -0.176. The van der Waals surface area contributed by atoms with Crippen molar-refractivity contribution in [1.29, 1.82) is 0 Å². The minimum absolute atomic E-state index is 0.176. The van der Waals surface area contributed by atoms with E-state index in [0.29, 0.717) is 13.2 Å². The van der Waals surface area contributed by atoms with Crippen molar-refractivity contribution >= 4 is 28.6 Å². The maximum atomic E-state index is 5.95. The van der Waals surface area contributed by atoms with Crippen molar-refractivity contribution in [2.24, 2.45) is 0 Å². The van der Waals surface area contributed by atoms with Crippen molar-refractivity contribution in [3.63, 3.8) is 0 Å². The SMILES string of the molecule is Clc1cccc(NCc2csc(C3OCCO3)c2)c1. The molecule has 100 valence electrons. The third kappa shape index (κ3) is 3.28. The molecule has 1 N–H and O–H groups in total. The molecule has 0 spiro atoms. The number of hydrogen-bond acceptors (Lipinski definition) is 4. The van der Waals surface area contributed by atoms with Crippen LogP contribution < -0.4 is 5.32 Å². The van der Waals surface area contributed by atoms with E-state index in [1.165, 1.54) is 5.56 Å². The fraction of sp³-hybridized carbons (Fsp3) is 0.286. The van der Waals surface area contributed by atoms with Crippen molar-refractivity contribution < 1.29 is 9.47 Å². The predicted octanol–water partition coefficient (Wildman–Crippen LogP) is 4.06. The summed E-state index contributed by atoms with van der Waals surface area (Å²) in [7, 11) is 0. The highest BCUT2D eigenvalue weighted by molar-refractivity contribution is 7.10. The number of benzene rings is 1. The molecule has 3 rings (SSSR count). The van der Waals surface area contributed by atoms with E-state index in [4.69, 9.17) is 21.1 Å². The molecular formula is C14H14ClNO2S. The zero-order chi connectivity index (χ0) is 13.1. The number of rotatable bonds is 4. The number of halogens is 1. The Morgan fingerprint density at radius 2 is 2.11 bits per heavy atom. The van der Waals surface area contributed by atoms with Crippen LogP contribution in [-0.2, 0) is 16.0 Å². The summed E-state index contributed by atoms with van der Waals surface area (Å²) in [5, 5.41) is 6.21. The van der Waals surface area contributed by atoms with Crippen LogP contribution in [0.5, 0.6) is 0 Å². The first-order chi connectivity index (χ1) is 9.31. The molecule has 0 saturated carbocycles. The lowest BCUT2D eigenvalue weighted by atomic mass is 10.2. The number of nitrogens with one attached hydrogen (secondary N) is 1. The van der Waals surface area contributed by atoms with Crippen molar-refractivity contribution in [3.8, 4) is 0 Å². The third-order valence-corrected chi connectivity index (χ3v) is 4.09. The number of hydrogen-bond donors (Lipinski definition) is 1. The molecule has 0 bridgehead atoms. The lowest BCUT2D eigenvalue weighted by Crippen LogP contribution is -1.98. The first kappa shape index (κ1) is 12.9. The molecule has 1 aliphatic rings. The largest absolute Gasteiger partial charge is 0.381 e. The molecule has 1 aromatic heterocycles. The molecule has 3 nitrogen and oxygen atoms in total.